The Morgan fingerprint density at radius 1 is 1.02 bits per heavy atom. The van der Waals surface area contributed by atoms with Gasteiger partial charge in [0.05, 0.1) is 69.6 Å². The number of nitrogens with zero attached hydrogens (tertiary/aromatic N) is 2. The van der Waals surface area contributed by atoms with Crippen LogP contribution in [0.1, 0.15) is 36.9 Å². The number of hydrogen-bond donors (Lipinski definition) is 2. The summed E-state index contributed by atoms with van der Waals surface area (Å²) in [5.74, 6) is -2.75. The summed E-state index contributed by atoms with van der Waals surface area (Å²) in [5, 5.41) is 9.98. The van der Waals surface area contributed by atoms with Crippen LogP contribution in [-0.4, -0.2) is 48.9 Å². The Hall–Kier alpha value is -4.56. The average Bonchev–Trinajstić information content (AvgIpc) is 3.68. The maximum atomic E-state index is 13.8. The summed E-state index contributed by atoms with van der Waals surface area (Å²) < 4.78 is 65.1. The molecule has 2 aliphatic heterocycles. The van der Waals surface area contributed by atoms with E-state index < -0.39 is 29.4 Å². The van der Waals surface area contributed by atoms with Crippen LogP contribution in [0.4, 0.5) is 28.9 Å². The summed E-state index contributed by atoms with van der Waals surface area (Å²) in [5.41, 5.74) is 0.112. The SMILES string of the molecule is COc1ccc(C2=NOC3COCC23)cc1C(=O)Nc1cc2nc(C)sc2cc1C(=O)Nc1ccc(F)c(C(F)(F)F)c1. The smallest absolute Gasteiger partial charge is 0.419 e. The maximum absolute atomic E-state index is 13.8. The molecule has 0 spiro atoms. The van der Waals surface area contributed by atoms with Gasteiger partial charge in [-0.05, 0) is 55.5 Å². The van der Waals surface area contributed by atoms with Crippen molar-refractivity contribution in [1.29, 1.82) is 0 Å². The molecule has 6 rings (SSSR count). The predicted octanol–water partition coefficient (Wildman–Crippen LogP) is 6.03. The van der Waals surface area contributed by atoms with Gasteiger partial charge in [-0.25, -0.2) is 9.37 Å². The third-order valence-corrected chi connectivity index (χ3v) is 8.00. The molecule has 222 valence electrons. The van der Waals surface area contributed by atoms with E-state index in [1.807, 2.05) is 0 Å². The first kappa shape index (κ1) is 28.6. The number of oxime groups is 1. The van der Waals surface area contributed by atoms with Gasteiger partial charge in [0.25, 0.3) is 11.8 Å². The zero-order valence-electron chi connectivity index (χ0n) is 22.5. The highest BCUT2D eigenvalue weighted by atomic mass is 32.1. The normalized spacial score (nSPS) is 17.8. The number of halogens is 4. The molecule has 3 heterocycles. The van der Waals surface area contributed by atoms with E-state index in [0.29, 0.717) is 51.8 Å². The summed E-state index contributed by atoms with van der Waals surface area (Å²) in [6, 6.07) is 10.1. The van der Waals surface area contributed by atoms with Gasteiger partial charge in [0.1, 0.15) is 11.6 Å². The minimum atomic E-state index is -4.96. The lowest BCUT2D eigenvalue weighted by molar-refractivity contribution is -0.139. The van der Waals surface area contributed by atoms with Crippen LogP contribution in [0, 0.1) is 18.7 Å². The van der Waals surface area contributed by atoms with Crippen molar-refractivity contribution in [2.45, 2.75) is 19.2 Å². The summed E-state index contributed by atoms with van der Waals surface area (Å²) in [4.78, 5) is 36.9. The highest BCUT2D eigenvalue weighted by molar-refractivity contribution is 7.18. The molecule has 14 heteroatoms. The van der Waals surface area contributed by atoms with E-state index in [4.69, 9.17) is 14.3 Å². The van der Waals surface area contributed by atoms with E-state index in [2.05, 4.69) is 20.8 Å². The number of nitrogens with one attached hydrogen (secondary N) is 2. The van der Waals surface area contributed by atoms with Gasteiger partial charge >= 0.3 is 6.18 Å². The highest BCUT2D eigenvalue weighted by Crippen LogP contribution is 2.35. The van der Waals surface area contributed by atoms with Gasteiger partial charge in [0, 0.05) is 11.3 Å². The van der Waals surface area contributed by atoms with Crippen molar-refractivity contribution >= 4 is 50.5 Å². The number of amides is 2. The lowest BCUT2D eigenvalue weighted by Gasteiger charge is -2.15. The lowest BCUT2D eigenvalue weighted by atomic mass is 9.93. The number of thiazole rings is 1. The summed E-state index contributed by atoms with van der Waals surface area (Å²) in [6.45, 7) is 2.62. The van der Waals surface area contributed by atoms with Crippen LogP contribution in [0.25, 0.3) is 10.2 Å². The number of carbonyl (C=O) groups excluding carboxylic acids is 2. The Bertz CT molecular complexity index is 1810. The van der Waals surface area contributed by atoms with E-state index in [-0.39, 0.29) is 40.3 Å². The van der Waals surface area contributed by atoms with Crippen LogP contribution < -0.4 is 15.4 Å². The lowest BCUT2D eigenvalue weighted by Crippen LogP contribution is -2.22. The number of fused-ring (bicyclic) bond motifs is 2. The second-order valence-electron chi connectivity index (χ2n) is 9.88. The molecular formula is C29H22F4N4O5S. The van der Waals surface area contributed by atoms with Crippen LogP contribution in [0.15, 0.2) is 53.7 Å². The molecule has 0 aliphatic carbocycles. The number of carbonyl (C=O) groups is 2. The monoisotopic (exact) mass is 614 g/mol. The van der Waals surface area contributed by atoms with Gasteiger partial charge in [-0.2, -0.15) is 13.2 Å². The summed E-state index contributed by atoms with van der Waals surface area (Å²) in [6.07, 6.45) is -5.16. The van der Waals surface area contributed by atoms with E-state index in [1.165, 1.54) is 30.6 Å². The Balaban J connectivity index is 1.34. The third kappa shape index (κ3) is 5.50. The standard InChI is InChI=1S/C29H22F4N4O5S/c1-13-34-22-10-21(16(9-25(22)43-13)27(38)35-15-4-5-20(30)19(8-15)29(31,32)33)36-28(39)17-7-14(3-6-23(17)40-2)26-18-11-41-12-24(18)42-37-26/h3-10,18,24H,11-12H2,1-2H3,(H,35,38)(H,36,39). The molecule has 2 aliphatic rings. The van der Waals surface area contributed by atoms with Crippen LogP contribution >= 0.6 is 11.3 Å². The number of methoxy groups -OCH3 is 1. The van der Waals surface area contributed by atoms with E-state index >= 15 is 0 Å². The van der Waals surface area contributed by atoms with Crippen molar-refractivity contribution in [3.05, 3.63) is 81.6 Å². The second-order valence-corrected chi connectivity index (χ2v) is 11.1. The minimum absolute atomic E-state index is 0.0444. The van der Waals surface area contributed by atoms with Gasteiger partial charge in [-0.15, -0.1) is 11.3 Å². The van der Waals surface area contributed by atoms with Gasteiger partial charge in [-0.3, -0.25) is 9.59 Å². The largest absolute Gasteiger partial charge is 0.496 e. The first-order valence-electron chi connectivity index (χ1n) is 12.9. The molecule has 0 bridgehead atoms. The topological polar surface area (TPSA) is 111 Å². The fourth-order valence-corrected chi connectivity index (χ4v) is 5.83. The number of benzene rings is 3. The van der Waals surface area contributed by atoms with Crippen LogP contribution in [-0.2, 0) is 15.8 Å². The first-order valence-corrected chi connectivity index (χ1v) is 13.7. The molecule has 0 saturated carbocycles. The second kappa shape index (κ2) is 10.9. The molecule has 2 unspecified atom stereocenters. The highest BCUT2D eigenvalue weighted by Gasteiger charge is 2.40. The van der Waals surface area contributed by atoms with E-state index in [1.54, 1.807) is 25.1 Å². The fraction of sp³-hybridized carbons (Fsp3) is 0.241. The third-order valence-electron chi connectivity index (χ3n) is 7.06. The first-order chi connectivity index (χ1) is 20.5. The zero-order chi connectivity index (χ0) is 30.5. The Morgan fingerprint density at radius 2 is 1.81 bits per heavy atom. The summed E-state index contributed by atoms with van der Waals surface area (Å²) >= 11 is 1.29. The zero-order valence-corrected chi connectivity index (χ0v) is 23.4. The number of ether oxygens (including phenoxy) is 2. The van der Waals surface area contributed by atoms with Crippen LogP contribution in [0.2, 0.25) is 0 Å². The number of anilines is 2. The number of alkyl halides is 3. The molecule has 9 nitrogen and oxygen atoms in total. The minimum Gasteiger partial charge on any atom is -0.496 e. The molecule has 4 aromatic rings. The van der Waals surface area contributed by atoms with E-state index in [0.717, 1.165) is 6.07 Å². The number of hydrogen-bond acceptors (Lipinski definition) is 8. The Labute approximate surface area is 245 Å². The van der Waals surface area contributed by atoms with Crippen molar-refractivity contribution in [3.8, 4) is 5.75 Å². The molecule has 1 fully saturated rings. The molecule has 3 aromatic carbocycles. The van der Waals surface area contributed by atoms with Crippen molar-refractivity contribution in [1.82, 2.24) is 4.98 Å². The number of aromatic nitrogens is 1. The van der Waals surface area contributed by atoms with Gasteiger partial charge in [-0.1, -0.05) is 5.16 Å². The van der Waals surface area contributed by atoms with E-state index in [9.17, 15) is 27.2 Å². The van der Waals surface area contributed by atoms with Crippen molar-refractivity contribution in [2.75, 3.05) is 31.0 Å². The molecule has 1 saturated heterocycles. The van der Waals surface area contributed by atoms with Crippen LogP contribution in [0.5, 0.6) is 5.75 Å². The van der Waals surface area contributed by atoms with Gasteiger partial charge in [0.2, 0.25) is 0 Å². The number of aryl methyl sites for hydroxylation is 1. The van der Waals surface area contributed by atoms with Crippen molar-refractivity contribution in [3.63, 3.8) is 0 Å². The van der Waals surface area contributed by atoms with Gasteiger partial charge < -0.3 is 24.9 Å². The maximum Gasteiger partial charge on any atom is 0.419 e. The quantitative estimate of drug-likeness (QED) is 0.257. The van der Waals surface area contributed by atoms with Crippen LogP contribution in [0.3, 0.4) is 0 Å². The van der Waals surface area contributed by atoms with Crippen molar-refractivity contribution in [2.24, 2.45) is 11.1 Å². The van der Waals surface area contributed by atoms with Gasteiger partial charge in [0.15, 0.2) is 6.10 Å². The molecule has 1 aromatic heterocycles. The molecule has 2 N–H and O–H groups in total. The molecule has 43 heavy (non-hydrogen) atoms. The fourth-order valence-electron chi connectivity index (χ4n) is 4.99. The Morgan fingerprint density at radius 3 is 2.58 bits per heavy atom. The summed E-state index contributed by atoms with van der Waals surface area (Å²) in [7, 11) is 1.41. The number of rotatable bonds is 6. The average molecular weight is 615 g/mol. The molecule has 0 radical (unpaired) electrons. The van der Waals surface area contributed by atoms with Crippen molar-refractivity contribution < 1.29 is 41.5 Å². The molecular weight excluding hydrogens is 592 g/mol. The molecule has 2 atom stereocenters. The molecule has 2 amide bonds. The Kier molecular flexibility index (Phi) is 7.26. The predicted molar refractivity (Wildman–Crippen MR) is 150 cm³/mol.